The SMILES string of the molecule is CC1(C)OB(C(F)=Cc2cn(Cc3cc(F)ccc3F)cn2)OC1(C)C. The fraction of sp³-hybridized carbons (Fsp3) is 0.389. The Labute approximate surface area is 150 Å². The van der Waals surface area contributed by atoms with Gasteiger partial charge in [0.2, 0.25) is 0 Å². The lowest BCUT2D eigenvalue weighted by Gasteiger charge is -2.32. The van der Waals surface area contributed by atoms with Crippen LogP contribution in [0, 0.1) is 11.6 Å². The van der Waals surface area contributed by atoms with Crippen molar-refractivity contribution in [3.8, 4) is 0 Å². The first-order valence-corrected chi connectivity index (χ1v) is 8.26. The second-order valence-corrected chi connectivity index (χ2v) is 7.32. The Morgan fingerprint density at radius 3 is 2.50 bits per heavy atom. The van der Waals surface area contributed by atoms with E-state index >= 15 is 0 Å². The van der Waals surface area contributed by atoms with Crippen molar-refractivity contribution in [2.24, 2.45) is 0 Å². The van der Waals surface area contributed by atoms with E-state index in [0.29, 0.717) is 5.69 Å². The van der Waals surface area contributed by atoms with Gasteiger partial charge in [0.05, 0.1) is 29.8 Å². The first-order valence-electron chi connectivity index (χ1n) is 8.26. The third kappa shape index (κ3) is 3.71. The highest BCUT2D eigenvalue weighted by molar-refractivity contribution is 6.54. The molecule has 0 radical (unpaired) electrons. The summed E-state index contributed by atoms with van der Waals surface area (Å²) in [5, 5.41) is 0. The van der Waals surface area contributed by atoms with Crippen LogP contribution in [0.4, 0.5) is 13.2 Å². The number of halogens is 3. The topological polar surface area (TPSA) is 36.3 Å². The van der Waals surface area contributed by atoms with E-state index in [0.717, 1.165) is 18.2 Å². The number of aromatic nitrogens is 2. The molecule has 0 atom stereocenters. The molecular formula is C18H20BF3N2O2. The molecule has 0 spiro atoms. The van der Waals surface area contributed by atoms with Crippen LogP contribution in [-0.4, -0.2) is 27.9 Å². The molecule has 0 amide bonds. The van der Waals surface area contributed by atoms with Crippen LogP contribution >= 0.6 is 0 Å². The minimum Gasteiger partial charge on any atom is -0.398 e. The summed E-state index contributed by atoms with van der Waals surface area (Å²) in [6, 6.07) is 3.25. The Kier molecular flexibility index (Phi) is 4.75. The molecule has 1 aliphatic heterocycles. The normalized spacial score (nSPS) is 19.2. The minimum atomic E-state index is -1.11. The fourth-order valence-corrected chi connectivity index (χ4v) is 2.56. The molecule has 1 fully saturated rings. The van der Waals surface area contributed by atoms with Crippen molar-refractivity contribution in [2.75, 3.05) is 0 Å². The number of hydrogen-bond donors (Lipinski definition) is 0. The summed E-state index contributed by atoms with van der Waals surface area (Å²) in [4.78, 5) is 4.07. The molecule has 2 aromatic rings. The second kappa shape index (κ2) is 6.59. The van der Waals surface area contributed by atoms with Gasteiger partial charge in [-0.25, -0.2) is 18.2 Å². The summed E-state index contributed by atoms with van der Waals surface area (Å²) in [5.41, 5.74) is -1.38. The van der Waals surface area contributed by atoms with Gasteiger partial charge in [-0.15, -0.1) is 0 Å². The van der Waals surface area contributed by atoms with Crippen LogP contribution in [0.25, 0.3) is 6.08 Å². The van der Waals surface area contributed by atoms with Gasteiger partial charge in [0.1, 0.15) is 17.4 Å². The number of rotatable bonds is 4. The average Bonchev–Trinajstić information content (AvgIpc) is 3.05. The summed E-state index contributed by atoms with van der Waals surface area (Å²) in [5.74, 6) is -1.03. The van der Waals surface area contributed by atoms with E-state index in [-0.39, 0.29) is 12.1 Å². The van der Waals surface area contributed by atoms with E-state index < -0.39 is 35.7 Å². The molecule has 138 valence electrons. The first kappa shape index (κ1) is 18.7. The van der Waals surface area contributed by atoms with E-state index in [9.17, 15) is 13.2 Å². The van der Waals surface area contributed by atoms with Crippen molar-refractivity contribution in [3.05, 3.63) is 59.3 Å². The molecule has 4 nitrogen and oxygen atoms in total. The van der Waals surface area contributed by atoms with Gasteiger partial charge in [-0.1, -0.05) is 0 Å². The first-order chi connectivity index (χ1) is 12.1. The number of imidazole rings is 1. The lowest BCUT2D eigenvalue weighted by molar-refractivity contribution is 0.00578. The van der Waals surface area contributed by atoms with Crippen LogP contribution in [0.2, 0.25) is 0 Å². The van der Waals surface area contributed by atoms with Crippen molar-refractivity contribution in [3.63, 3.8) is 0 Å². The van der Waals surface area contributed by atoms with Crippen molar-refractivity contribution in [1.29, 1.82) is 0 Å². The molecule has 26 heavy (non-hydrogen) atoms. The van der Waals surface area contributed by atoms with Crippen LogP contribution in [0.15, 0.2) is 36.4 Å². The fourth-order valence-electron chi connectivity index (χ4n) is 2.56. The van der Waals surface area contributed by atoms with Crippen molar-refractivity contribution >= 4 is 13.2 Å². The molecule has 0 aliphatic carbocycles. The highest BCUT2D eigenvalue weighted by atomic mass is 19.1. The van der Waals surface area contributed by atoms with Crippen molar-refractivity contribution in [1.82, 2.24) is 9.55 Å². The third-order valence-corrected chi connectivity index (χ3v) is 4.78. The molecule has 0 unspecified atom stereocenters. The third-order valence-electron chi connectivity index (χ3n) is 4.78. The lowest BCUT2D eigenvalue weighted by atomic mass is 9.87. The van der Waals surface area contributed by atoms with Crippen LogP contribution in [-0.2, 0) is 15.9 Å². The van der Waals surface area contributed by atoms with E-state index in [1.165, 1.54) is 18.6 Å². The van der Waals surface area contributed by atoms with E-state index in [4.69, 9.17) is 9.31 Å². The average molecular weight is 364 g/mol. The number of hydrogen-bond acceptors (Lipinski definition) is 3. The molecule has 3 rings (SSSR count). The largest absolute Gasteiger partial charge is 0.525 e. The molecule has 0 bridgehead atoms. The van der Waals surface area contributed by atoms with E-state index in [1.54, 1.807) is 4.57 Å². The molecule has 1 aliphatic rings. The summed E-state index contributed by atoms with van der Waals surface area (Å²) < 4.78 is 54.3. The Balaban J connectivity index is 1.74. The van der Waals surface area contributed by atoms with Gasteiger partial charge in [-0.2, -0.15) is 0 Å². The molecule has 1 aromatic heterocycles. The Hall–Kier alpha value is -2.06. The maximum absolute atomic E-state index is 14.5. The summed E-state index contributed by atoms with van der Waals surface area (Å²) >= 11 is 0. The highest BCUT2D eigenvalue weighted by Crippen LogP contribution is 2.39. The van der Waals surface area contributed by atoms with Gasteiger partial charge in [0.15, 0.2) is 0 Å². The molecular weight excluding hydrogens is 344 g/mol. The quantitative estimate of drug-likeness (QED) is 0.765. The second-order valence-electron chi connectivity index (χ2n) is 7.32. The summed E-state index contributed by atoms with van der Waals surface area (Å²) in [7, 11) is -1.11. The maximum atomic E-state index is 14.5. The highest BCUT2D eigenvalue weighted by Gasteiger charge is 2.53. The van der Waals surface area contributed by atoms with Crippen molar-refractivity contribution in [2.45, 2.75) is 45.4 Å². The van der Waals surface area contributed by atoms with Gasteiger partial charge in [-0.3, -0.25) is 0 Å². The van der Waals surface area contributed by atoms with E-state index in [1.807, 2.05) is 27.7 Å². The zero-order chi connectivity index (χ0) is 19.1. The standard InChI is InChI=1S/C18H20BF3N2O2/c1-17(2)18(3,4)26-19(25-17)16(22)8-14-10-24(11-23-14)9-12-7-13(20)5-6-15(12)21/h5-8,10-11H,9H2,1-4H3. The van der Waals surface area contributed by atoms with Gasteiger partial charge >= 0.3 is 7.12 Å². The Morgan fingerprint density at radius 1 is 1.19 bits per heavy atom. The monoisotopic (exact) mass is 364 g/mol. The predicted molar refractivity (Wildman–Crippen MR) is 92.9 cm³/mol. The molecule has 8 heteroatoms. The molecule has 1 saturated heterocycles. The molecule has 2 heterocycles. The Morgan fingerprint density at radius 2 is 1.85 bits per heavy atom. The Bertz CT molecular complexity index is 833. The van der Waals surface area contributed by atoms with Gasteiger partial charge in [0.25, 0.3) is 0 Å². The van der Waals surface area contributed by atoms with Gasteiger partial charge in [-0.05, 0) is 52.0 Å². The molecule has 0 N–H and O–H groups in total. The van der Waals surface area contributed by atoms with Gasteiger partial charge < -0.3 is 13.9 Å². The van der Waals surface area contributed by atoms with Crippen LogP contribution < -0.4 is 0 Å². The minimum absolute atomic E-state index is 0.0859. The molecule has 0 saturated carbocycles. The van der Waals surface area contributed by atoms with Gasteiger partial charge in [0, 0.05) is 11.8 Å². The number of nitrogens with zero attached hydrogens (tertiary/aromatic N) is 2. The van der Waals surface area contributed by atoms with Crippen molar-refractivity contribution < 1.29 is 22.5 Å². The van der Waals surface area contributed by atoms with Crippen LogP contribution in [0.1, 0.15) is 39.0 Å². The number of benzene rings is 1. The lowest BCUT2D eigenvalue weighted by Crippen LogP contribution is -2.41. The smallest absolute Gasteiger partial charge is 0.398 e. The zero-order valence-electron chi connectivity index (χ0n) is 15.1. The zero-order valence-corrected chi connectivity index (χ0v) is 15.1. The molecule has 1 aromatic carbocycles. The van der Waals surface area contributed by atoms with E-state index in [2.05, 4.69) is 4.98 Å². The maximum Gasteiger partial charge on any atom is 0.525 e. The van der Waals surface area contributed by atoms with Crippen LogP contribution in [0.3, 0.4) is 0 Å². The van der Waals surface area contributed by atoms with Crippen LogP contribution in [0.5, 0.6) is 0 Å². The summed E-state index contributed by atoms with van der Waals surface area (Å²) in [6.07, 6.45) is 4.17. The predicted octanol–water partition coefficient (Wildman–Crippen LogP) is 4.15. The summed E-state index contributed by atoms with van der Waals surface area (Å²) in [6.45, 7) is 7.43.